The molecule has 0 aliphatic carbocycles. The van der Waals surface area contributed by atoms with Crippen LogP contribution in [0.3, 0.4) is 0 Å². The molecule has 0 radical (unpaired) electrons. The number of rotatable bonds is 3. The van der Waals surface area contributed by atoms with E-state index in [1.54, 1.807) is 18.2 Å². The molecule has 96 valence electrons. The fourth-order valence-electron chi connectivity index (χ4n) is 1.99. The van der Waals surface area contributed by atoms with Crippen molar-refractivity contribution in [1.29, 1.82) is 0 Å². The van der Waals surface area contributed by atoms with Crippen molar-refractivity contribution in [3.05, 3.63) is 59.7 Å². The quantitative estimate of drug-likeness (QED) is 0.876. The topological polar surface area (TPSA) is 72.2 Å². The number of carbonyl (C=O) groups is 2. The molecule has 2 aromatic rings. The molecule has 2 amide bonds. The third-order valence-corrected chi connectivity index (χ3v) is 2.87. The molecule has 0 bridgehead atoms. The molecule has 0 saturated heterocycles. The van der Waals surface area contributed by atoms with Crippen LogP contribution in [0.5, 0.6) is 0 Å². The van der Waals surface area contributed by atoms with Gasteiger partial charge in [-0.05, 0) is 17.2 Å². The van der Waals surface area contributed by atoms with Gasteiger partial charge in [0, 0.05) is 7.05 Å². The number of nitrogens with one attached hydrogen (secondary N) is 1. The second-order valence-corrected chi connectivity index (χ2v) is 4.04. The highest BCUT2D eigenvalue weighted by molar-refractivity contribution is 6.10. The lowest BCUT2D eigenvalue weighted by Crippen LogP contribution is -2.24. The molecule has 0 aliphatic rings. The van der Waals surface area contributed by atoms with E-state index in [9.17, 15) is 9.59 Å². The lowest BCUT2D eigenvalue weighted by atomic mass is 9.94. The zero-order chi connectivity index (χ0) is 13.8. The summed E-state index contributed by atoms with van der Waals surface area (Å²) in [5.41, 5.74) is 7.42. The summed E-state index contributed by atoms with van der Waals surface area (Å²) in [6.07, 6.45) is 0. The Kier molecular flexibility index (Phi) is 3.61. The molecule has 0 saturated carbocycles. The number of nitrogens with two attached hydrogens (primary N) is 1. The summed E-state index contributed by atoms with van der Waals surface area (Å²) in [6, 6.07) is 14.5. The monoisotopic (exact) mass is 254 g/mol. The molecule has 0 unspecified atom stereocenters. The maximum Gasteiger partial charge on any atom is 0.252 e. The molecule has 0 spiro atoms. The Morgan fingerprint density at radius 1 is 1.00 bits per heavy atom. The Labute approximate surface area is 111 Å². The van der Waals surface area contributed by atoms with Crippen molar-refractivity contribution in [2.75, 3.05) is 7.05 Å². The number of hydrogen-bond donors (Lipinski definition) is 2. The van der Waals surface area contributed by atoms with Crippen molar-refractivity contribution in [3.63, 3.8) is 0 Å². The van der Waals surface area contributed by atoms with Crippen LogP contribution in [0, 0.1) is 0 Å². The standard InChI is InChI=1S/C15H14N2O2/c1-17-15(19)13-11(10-6-3-2-4-7-10)8-5-9-12(13)14(16)18/h2-9H,1H3,(H2,16,18)(H,17,19). The van der Waals surface area contributed by atoms with Crippen LogP contribution in [0.15, 0.2) is 48.5 Å². The van der Waals surface area contributed by atoms with Gasteiger partial charge in [0.1, 0.15) is 0 Å². The largest absolute Gasteiger partial charge is 0.366 e. The highest BCUT2D eigenvalue weighted by Gasteiger charge is 2.19. The summed E-state index contributed by atoms with van der Waals surface area (Å²) >= 11 is 0. The molecule has 4 heteroatoms. The molecule has 0 aliphatic heterocycles. The molecule has 0 fully saturated rings. The molecular formula is C15H14N2O2. The van der Waals surface area contributed by atoms with E-state index in [1.165, 1.54) is 7.05 Å². The number of carbonyl (C=O) groups excluding carboxylic acids is 2. The fraction of sp³-hybridized carbons (Fsp3) is 0.0667. The molecular weight excluding hydrogens is 240 g/mol. The molecule has 4 nitrogen and oxygen atoms in total. The lowest BCUT2D eigenvalue weighted by molar-refractivity contribution is 0.0944. The second kappa shape index (κ2) is 5.35. The molecule has 0 aromatic heterocycles. The van der Waals surface area contributed by atoms with Crippen molar-refractivity contribution in [1.82, 2.24) is 5.32 Å². The summed E-state index contributed by atoms with van der Waals surface area (Å²) in [5, 5.41) is 2.54. The second-order valence-electron chi connectivity index (χ2n) is 4.04. The maximum absolute atomic E-state index is 12.0. The minimum absolute atomic E-state index is 0.223. The Bertz CT molecular complexity index is 621. The predicted octanol–water partition coefficient (Wildman–Crippen LogP) is 1.81. The summed E-state index contributed by atoms with van der Waals surface area (Å²) in [5.74, 6) is -0.940. The van der Waals surface area contributed by atoms with Crippen LogP contribution >= 0.6 is 0 Å². The molecule has 2 aromatic carbocycles. The van der Waals surface area contributed by atoms with Gasteiger partial charge in [0.2, 0.25) is 5.91 Å². The molecule has 2 rings (SSSR count). The van der Waals surface area contributed by atoms with E-state index in [1.807, 2.05) is 30.3 Å². The van der Waals surface area contributed by atoms with E-state index in [4.69, 9.17) is 5.73 Å². The first-order valence-electron chi connectivity index (χ1n) is 5.85. The van der Waals surface area contributed by atoms with Gasteiger partial charge in [-0.1, -0.05) is 42.5 Å². The first-order valence-corrected chi connectivity index (χ1v) is 5.85. The molecule has 0 heterocycles. The Morgan fingerprint density at radius 2 is 1.68 bits per heavy atom. The number of hydrogen-bond acceptors (Lipinski definition) is 2. The van der Waals surface area contributed by atoms with Crippen molar-refractivity contribution < 1.29 is 9.59 Å². The van der Waals surface area contributed by atoms with E-state index >= 15 is 0 Å². The van der Waals surface area contributed by atoms with Crippen LogP contribution in [0.1, 0.15) is 20.7 Å². The van der Waals surface area contributed by atoms with E-state index in [0.717, 1.165) is 5.56 Å². The highest BCUT2D eigenvalue weighted by atomic mass is 16.2. The highest BCUT2D eigenvalue weighted by Crippen LogP contribution is 2.26. The van der Waals surface area contributed by atoms with Gasteiger partial charge in [0.25, 0.3) is 5.91 Å². The van der Waals surface area contributed by atoms with E-state index in [0.29, 0.717) is 11.1 Å². The lowest BCUT2D eigenvalue weighted by Gasteiger charge is -2.12. The summed E-state index contributed by atoms with van der Waals surface area (Å²) in [4.78, 5) is 23.5. The third-order valence-electron chi connectivity index (χ3n) is 2.87. The van der Waals surface area contributed by atoms with E-state index < -0.39 is 5.91 Å². The minimum Gasteiger partial charge on any atom is -0.366 e. The van der Waals surface area contributed by atoms with Gasteiger partial charge in [-0.2, -0.15) is 0 Å². The van der Waals surface area contributed by atoms with Gasteiger partial charge in [-0.25, -0.2) is 0 Å². The van der Waals surface area contributed by atoms with Gasteiger partial charge in [-0.15, -0.1) is 0 Å². The van der Waals surface area contributed by atoms with Crippen LogP contribution in [-0.4, -0.2) is 18.9 Å². The predicted molar refractivity (Wildman–Crippen MR) is 73.8 cm³/mol. The first-order chi connectivity index (χ1) is 9.15. The third kappa shape index (κ3) is 2.47. The normalized spacial score (nSPS) is 9.95. The van der Waals surface area contributed by atoms with Crippen LogP contribution in [0.25, 0.3) is 11.1 Å². The van der Waals surface area contributed by atoms with Crippen molar-refractivity contribution in [2.24, 2.45) is 5.73 Å². The van der Waals surface area contributed by atoms with Gasteiger partial charge in [-0.3, -0.25) is 9.59 Å². The van der Waals surface area contributed by atoms with E-state index in [2.05, 4.69) is 5.32 Å². The fourth-order valence-corrected chi connectivity index (χ4v) is 1.99. The molecule has 3 N–H and O–H groups in total. The number of benzene rings is 2. The van der Waals surface area contributed by atoms with E-state index in [-0.39, 0.29) is 11.5 Å². The Hall–Kier alpha value is -2.62. The van der Waals surface area contributed by atoms with Crippen LogP contribution < -0.4 is 11.1 Å². The summed E-state index contributed by atoms with van der Waals surface area (Å²) < 4.78 is 0. The molecule has 0 atom stereocenters. The summed E-state index contributed by atoms with van der Waals surface area (Å²) in [7, 11) is 1.52. The van der Waals surface area contributed by atoms with Gasteiger partial charge in [0.15, 0.2) is 0 Å². The Balaban J connectivity index is 2.71. The van der Waals surface area contributed by atoms with Crippen LogP contribution in [-0.2, 0) is 0 Å². The first kappa shape index (κ1) is 12.8. The Morgan fingerprint density at radius 3 is 2.26 bits per heavy atom. The molecule has 19 heavy (non-hydrogen) atoms. The zero-order valence-electron chi connectivity index (χ0n) is 10.5. The maximum atomic E-state index is 12.0. The zero-order valence-corrected chi connectivity index (χ0v) is 10.5. The van der Waals surface area contributed by atoms with Gasteiger partial charge in [0.05, 0.1) is 11.1 Å². The number of primary amides is 1. The average Bonchev–Trinajstić information content (AvgIpc) is 2.46. The van der Waals surface area contributed by atoms with Crippen LogP contribution in [0.2, 0.25) is 0 Å². The van der Waals surface area contributed by atoms with Crippen LogP contribution in [0.4, 0.5) is 0 Å². The van der Waals surface area contributed by atoms with Crippen molar-refractivity contribution >= 4 is 11.8 Å². The SMILES string of the molecule is CNC(=O)c1c(C(N)=O)cccc1-c1ccccc1. The smallest absolute Gasteiger partial charge is 0.252 e. The van der Waals surface area contributed by atoms with Gasteiger partial charge < -0.3 is 11.1 Å². The summed E-state index contributed by atoms with van der Waals surface area (Å²) in [6.45, 7) is 0. The number of amides is 2. The van der Waals surface area contributed by atoms with Gasteiger partial charge >= 0.3 is 0 Å². The minimum atomic E-state index is -0.614. The average molecular weight is 254 g/mol. The van der Waals surface area contributed by atoms with Crippen molar-refractivity contribution in [3.8, 4) is 11.1 Å². The van der Waals surface area contributed by atoms with Crippen molar-refractivity contribution in [2.45, 2.75) is 0 Å².